The van der Waals surface area contributed by atoms with E-state index >= 15 is 0 Å². The molecule has 1 aliphatic carbocycles. The Morgan fingerprint density at radius 1 is 1.26 bits per heavy atom. The van der Waals surface area contributed by atoms with Crippen molar-refractivity contribution in [2.45, 2.75) is 12.3 Å². The summed E-state index contributed by atoms with van der Waals surface area (Å²) in [6.45, 7) is 0. The monoisotopic (exact) mass is 264 g/mol. The number of benzene rings is 1. The highest BCUT2D eigenvalue weighted by Crippen LogP contribution is 2.48. The molecule has 98 valence electrons. The Balaban J connectivity index is 1.88. The van der Waals surface area contributed by atoms with Crippen LogP contribution in [0, 0.1) is 17.6 Å². The van der Waals surface area contributed by atoms with Crippen LogP contribution in [0.15, 0.2) is 34.7 Å². The zero-order valence-corrected chi connectivity index (χ0v) is 9.77. The molecule has 0 unspecified atom stereocenters. The van der Waals surface area contributed by atoms with Gasteiger partial charge < -0.3 is 9.52 Å². The van der Waals surface area contributed by atoms with Crippen LogP contribution in [0.4, 0.5) is 8.78 Å². The van der Waals surface area contributed by atoms with Crippen molar-refractivity contribution in [2.24, 2.45) is 5.92 Å². The quantitative estimate of drug-likeness (QED) is 0.924. The summed E-state index contributed by atoms with van der Waals surface area (Å²) >= 11 is 0. The number of hydrogen-bond acceptors (Lipinski definition) is 2. The van der Waals surface area contributed by atoms with Crippen LogP contribution in [0.3, 0.4) is 0 Å². The Labute approximate surface area is 107 Å². The molecule has 1 aliphatic rings. The number of carboxylic acids is 1. The van der Waals surface area contributed by atoms with Gasteiger partial charge in [0.15, 0.2) is 0 Å². The van der Waals surface area contributed by atoms with E-state index in [4.69, 9.17) is 9.52 Å². The number of furan rings is 1. The molecule has 0 amide bonds. The van der Waals surface area contributed by atoms with E-state index in [0.717, 1.165) is 12.1 Å². The molecular formula is C14H10F2O3. The molecule has 0 bridgehead atoms. The largest absolute Gasteiger partial charge is 0.481 e. The first-order valence-electron chi connectivity index (χ1n) is 5.84. The van der Waals surface area contributed by atoms with E-state index in [2.05, 4.69) is 0 Å². The van der Waals surface area contributed by atoms with Crippen molar-refractivity contribution in [1.29, 1.82) is 0 Å². The first-order valence-corrected chi connectivity index (χ1v) is 5.84. The number of halogens is 2. The molecule has 0 saturated heterocycles. The predicted molar refractivity (Wildman–Crippen MR) is 62.5 cm³/mol. The van der Waals surface area contributed by atoms with Gasteiger partial charge in [-0.05, 0) is 30.7 Å². The van der Waals surface area contributed by atoms with Crippen molar-refractivity contribution in [3.8, 4) is 11.3 Å². The predicted octanol–water partition coefficient (Wildman–Crippen LogP) is 3.41. The molecule has 1 saturated carbocycles. The zero-order valence-electron chi connectivity index (χ0n) is 9.77. The van der Waals surface area contributed by atoms with Crippen molar-refractivity contribution in [1.82, 2.24) is 0 Å². The highest BCUT2D eigenvalue weighted by molar-refractivity contribution is 5.75. The zero-order chi connectivity index (χ0) is 13.6. The summed E-state index contributed by atoms with van der Waals surface area (Å²) in [5.41, 5.74) is 0.167. The molecule has 0 aliphatic heterocycles. The fraction of sp³-hybridized carbons (Fsp3) is 0.214. The van der Waals surface area contributed by atoms with E-state index in [-0.39, 0.29) is 17.2 Å². The Morgan fingerprint density at radius 3 is 2.68 bits per heavy atom. The minimum atomic E-state index is -0.851. The molecule has 2 atom stereocenters. The van der Waals surface area contributed by atoms with Gasteiger partial charge in [-0.25, -0.2) is 8.78 Å². The summed E-state index contributed by atoms with van der Waals surface area (Å²) in [6.07, 6.45) is 0.536. The lowest BCUT2D eigenvalue weighted by Crippen LogP contribution is -1.98. The van der Waals surface area contributed by atoms with Gasteiger partial charge in [-0.15, -0.1) is 0 Å². The third-order valence-electron chi connectivity index (χ3n) is 3.30. The van der Waals surface area contributed by atoms with Gasteiger partial charge in [-0.3, -0.25) is 4.79 Å². The third kappa shape index (κ3) is 2.12. The fourth-order valence-corrected chi connectivity index (χ4v) is 2.17. The van der Waals surface area contributed by atoms with Gasteiger partial charge in [0.25, 0.3) is 0 Å². The van der Waals surface area contributed by atoms with Crippen molar-refractivity contribution >= 4 is 5.97 Å². The summed E-state index contributed by atoms with van der Waals surface area (Å²) in [6, 6.07) is 6.45. The van der Waals surface area contributed by atoms with Gasteiger partial charge in [0.2, 0.25) is 0 Å². The van der Waals surface area contributed by atoms with E-state index < -0.39 is 23.5 Å². The van der Waals surface area contributed by atoms with Crippen LogP contribution >= 0.6 is 0 Å². The molecular weight excluding hydrogens is 254 g/mol. The first-order chi connectivity index (χ1) is 9.06. The van der Waals surface area contributed by atoms with Crippen molar-refractivity contribution < 1.29 is 23.1 Å². The van der Waals surface area contributed by atoms with E-state index in [1.807, 2.05) is 0 Å². The Bertz CT molecular complexity index is 648. The smallest absolute Gasteiger partial charge is 0.307 e. The highest BCUT2D eigenvalue weighted by Gasteiger charge is 2.46. The average Bonchev–Trinajstić information content (AvgIpc) is 3.01. The van der Waals surface area contributed by atoms with Crippen LogP contribution in [-0.4, -0.2) is 11.1 Å². The molecule has 1 fully saturated rings. The molecule has 0 radical (unpaired) electrons. The van der Waals surface area contributed by atoms with Gasteiger partial charge in [0.1, 0.15) is 23.2 Å². The number of hydrogen-bond donors (Lipinski definition) is 1. The lowest BCUT2D eigenvalue weighted by Gasteiger charge is -1.99. The molecule has 0 spiro atoms. The van der Waals surface area contributed by atoms with Gasteiger partial charge in [0, 0.05) is 12.0 Å². The van der Waals surface area contributed by atoms with Crippen molar-refractivity contribution in [3.63, 3.8) is 0 Å². The second-order valence-electron chi connectivity index (χ2n) is 4.61. The number of aliphatic carboxylic acids is 1. The topological polar surface area (TPSA) is 50.4 Å². The van der Waals surface area contributed by atoms with Gasteiger partial charge in [-0.1, -0.05) is 0 Å². The van der Waals surface area contributed by atoms with Crippen LogP contribution < -0.4 is 0 Å². The SMILES string of the molecule is O=C(O)[C@@H]1C[C@H]1c1ccc(-c2ccc(F)cc2F)o1. The molecule has 2 aromatic rings. The van der Waals surface area contributed by atoms with Gasteiger partial charge in [0.05, 0.1) is 11.5 Å². The number of carbonyl (C=O) groups is 1. The summed E-state index contributed by atoms with van der Waals surface area (Å²) in [7, 11) is 0. The van der Waals surface area contributed by atoms with Crippen LogP contribution in [-0.2, 0) is 4.79 Å². The summed E-state index contributed by atoms with van der Waals surface area (Å²) in [5, 5.41) is 8.84. The third-order valence-corrected chi connectivity index (χ3v) is 3.30. The van der Waals surface area contributed by atoms with E-state index in [0.29, 0.717) is 12.2 Å². The van der Waals surface area contributed by atoms with Crippen LogP contribution in [0.5, 0.6) is 0 Å². The summed E-state index contributed by atoms with van der Waals surface area (Å²) < 4.78 is 31.9. The molecule has 1 aromatic carbocycles. The van der Waals surface area contributed by atoms with E-state index in [1.165, 1.54) is 6.07 Å². The minimum Gasteiger partial charge on any atom is -0.481 e. The molecule has 5 heteroatoms. The molecule has 19 heavy (non-hydrogen) atoms. The van der Waals surface area contributed by atoms with Crippen LogP contribution in [0.2, 0.25) is 0 Å². The normalized spacial score (nSPS) is 21.4. The molecule has 3 rings (SSSR count). The lowest BCUT2D eigenvalue weighted by molar-refractivity contribution is -0.138. The maximum absolute atomic E-state index is 13.6. The lowest BCUT2D eigenvalue weighted by atomic mass is 10.1. The molecule has 1 N–H and O–H groups in total. The van der Waals surface area contributed by atoms with Crippen LogP contribution in [0.1, 0.15) is 18.1 Å². The maximum atomic E-state index is 13.6. The molecule has 1 aromatic heterocycles. The second-order valence-corrected chi connectivity index (χ2v) is 4.61. The van der Waals surface area contributed by atoms with E-state index in [9.17, 15) is 13.6 Å². The average molecular weight is 264 g/mol. The van der Waals surface area contributed by atoms with Crippen molar-refractivity contribution in [2.75, 3.05) is 0 Å². The minimum absolute atomic E-state index is 0.144. The number of rotatable bonds is 3. The summed E-state index contributed by atoms with van der Waals surface area (Å²) in [4.78, 5) is 10.8. The van der Waals surface area contributed by atoms with Gasteiger partial charge in [-0.2, -0.15) is 0 Å². The Kier molecular flexibility index (Phi) is 2.62. The Hall–Kier alpha value is -2.17. The van der Waals surface area contributed by atoms with Crippen molar-refractivity contribution in [3.05, 3.63) is 47.7 Å². The molecule has 3 nitrogen and oxygen atoms in total. The Morgan fingerprint density at radius 2 is 2.05 bits per heavy atom. The van der Waals surface area contributed by atoms with E-state index in [1.54, 1.807) is 12.1 Å². The highest BCUT2D eigenvalue weighted by atomic mass is 19.1. The molecule has 1 heterocycles. The van der Waals surface area contributed by atoms with Gasteiger partial charge >= 0.3 is 5.97 Å². The number of carboxylic acid groups (broad SMARTS) is 1. The summed E-state index contributed by atoms with van der Waals surface area (Å²) in [5.74, 6) is -1.95. The fourth-order valence-electron chi connectivity index (χ4n) is 2.17. The maximum Gasteiger partial charge on any atom is 0.307 e. The first kappa shape index (κ1) is 11.9. The second kappa shape index (κ2) is 4.19. The standard InChI is InChI=1S/C14H10F2O3/c15-7-1-2-8(11(16)5-7)12-3-4-13(19-12)9-6-10(9)14(17)18/h1-5,9-10H,6H2,(H,17,18)/t9-,10-/m1/s1. The van der Waals surface area contributed by atoms with Crippen LogP contribution in [0.25, 0.3) is 11.3 Å².